The minimum absolute atomic E-state index is 0.288. The van der Waals surface area contributed by atoms with Crippen molar-refractivity contribution in [2.45, 2.75) is 26.3 Å². The van der Waals surface area contributed by atoms with Gasteiger partial charge >= 0.3 is 5.97 Å². The first-order valence-corrected chi connectivity index (χ1v) is 7.52. The molecule has 0 bridgehead atoms. The van der Waals surface area contributed by atoms with Gasteiger partial charge in [-0.1, -0.05) is 36.3 Å². The number of aryl methyl sites for hydroxylation is 1. The first kappa shape index (κ1) is 14.7. The van der Waals surface area contributed by atoms with Gasteiger partial charge < -0.3 is 9.63 Å². The molecule has 0 spiro atoms. The van der Waals surface area contributed by atoms with Crippen LogP contribution in [0.4, 0.5) is 0 Å². The van der Waals surface area contributed by atoms with Crippen molar-refractivity contribution in [2.75, 3.05) is 13.1 Å². The lowest BCUT2D eigenvalue weighted by Gasteiger charge is -2.11. The lowest BCUT2D eigenvalue weighted by molar-refractivity contribution is -0.141. The van der Waals surface area contributed by atoms with Gasteiger partial charge in [-0.25, -0.2) is 0 Å². The SMILES string of the molecule is CCc1ccc(-c2noc(CN3CCC(C(=O)O)C3)n2)cc1. The summed E-state index contributed by atoms with van der Waals surface area (Å²) in [5, 5.41) is 13.0. The number of aromatic nitrogens is 2. The molecule has 1 unspecified atom stereocenters. The van der Waals surface area contributed by atoms with E-state index in [0.717, 1.165) is 18.5 Å². The molecule has 0 saturated carbocycles. The summed E-state index contributed by atoms with van der Waals surface area (Å²) < 4.78 is 5.28. The van der Waals surface area contributed by atoms with Crippen molar-refractivity contribution in [1.82, 2.24) is 15.0 Å². The zero-order valence-electron chi connectivity index (χ0n) is 12.5. The Bertz CT molecular complexity index is 651. The van der Waals surface area contributed by atoms with Crippen molar-refractivity contribution in [3.05, 3.63) is 35.7 Å². The Labute approximate surface area is 128 Å². The van der Waals surface area contributed by atoms with Gasteiger partial charge in [0.15, 0.2) is 0 Å². The maximum absolute atomic E-state index is 11.0. The molecule has 2 aromatic rings. The maximum Gasteiger partial charge on any atom is 0.307 e. The van der Waals surface area contributed by atoms with Crippen LogP contribution in [0.3, 0.4) is 0 Å². The predicted molar refractivity (Wildman–Crippen MR) is 80.1 cm³/mol. The molecule has 1 atom stereocenters. The van der Waals surface area contributed by atoms with Crippen LogP contribution in [0.15, 0.2) is 28.8 Å². The molecule has 22 heavy (non-hydrogen) atoms. The Hall–Kier alpha value is -2.21. The number of nitrogens with zero attached hydrogens (tertiary/aromatic N) is 3. The molecule has 1 saturated heterocycles. The third-order valence-corrected chi connectivity index (χ3v) is 4.07. The van der Waals surface area contributed by atoms with E-state index < -0.39 is 5.97 Å². The predicted octanol–water partition coefficient (Wildman–Crippen LogP) is 2.21. The van der Waals surface area contributed by atoms with Crippen molar-refractivity contribution in [3.8, 4) is 11.4 Å². The van der Waals surface area contributed by atoms with Gasteiger partial charge in [-0.15, -0.1) is 0 Å². The first-order chi connectivity index (χ1) is 10.7. The van der Waals surface area contributed by atoms with Gasteiger partial charge in [0.25, 0.3) is 0 Å². The molecule has 0 aliphatic carbocycles. The topological polar surface area (TPSA) is 79.5 Å². The highest BCUT2D eigenvalue weighted by Gasteiger charge is 2.28. The number of hydrogen-bond donors (Lipinski definition) is 1. The fraction of sp³-hybridized carbons (Fsp3) is 0.438. The van der Waals surface area contributed by atoms with Crippen LogP contribution in [-0.2, 0) is 17.8 Å². The van der Waals surface area contributed by atoms with E-state index in [1.54, 1.807) is 0 Å². The van der Waals surface area contributed by atoms with E-state index in [9.17, 15) is 4.79 Å². The van der Waals surface area contributed by atoms with Gasteiger partial charge in [0.2, 0.25) is 11.7 Å². The molecular weight excluding hydrogens is 282 g/mol. The van der Waals surface area contributed by atoms with Crippen LogP contribution in [0.5, 0.6) is 0 Å². The van der Waals surface area contributed by atoms with E-state index in [1.807, 2.05) is 17.0 Å². The third kappa shape index (κ3) is 3.17. The van der Waals surface area contributed by atoms with Crippen LogP contribution < -0.4 is 0 Å². The summed E-state index contributed by atoms with van der Waals surface area (Å²) in [6.07, 6.45) is 1.67. The second-order valence-electron chi connectivity index (χ2n) is 5.62. The minimum Gasteiger partial charge on any atom is -0.481 e. The number of carboxylic acids is 1. The number of rotatable bonds is 5. The summed E-state index contributed by atoms with van der Waals surface area (Å²) >= 11 is 0. The maximum atomic E-state index is 11.0. The minimum atomic E-state index is -0.732. The molecule has 0 radical (unpaired) electrons. The Morgan fingerprint density at radius 2 is 2.18 bits per heavy atom. The zero-order valence-corrected chi connectivity index (χ0v) is 12.5. The van der Waals surface area contributed by atoms with Gasteiger partial charge in [-0.2, -0.15) is 4.98 Å². The molecular formula is C16H19N3O3. The number of likely N-dealkylation sites (tertiary alicyclic amines) is 1. The number of benzene rings is 1. The molecule has 1 aromatic heterocycles. The first-order valence-electron chi connectivity index (χ1n) is 7.52. The lowest BCUT2D eigenvalue weighted by atomic mass is 10.1. The summed E-state index contributed by atoms with van der Waals surface area (Å²) in [5.74, 6) is 0.0842. The molecule has 6 nitrogen and oxygen atoms in total. The van der Waals surface area contributed by atoms with Crippen LogP contribution in [0.25, 0.3) is 11.4 Å². The van der Waals surface area contributed by atoms with Crippen LogP contribution in [0.2, 0.25) is 0 Å². The van der Waals surface area contributed by atoms with Gasteiger partial charge in [0, 0.05) is 12.1 Å². The smallest absolute Gasteiger partial charge is 0.307 e. The van der Waals surface area contributed by atoms with E-state index in [4.69, 9.17) is 9.63 Å². The summed E-state index contributed by atoms with van der Waals surface area (Å²) in [5.41, 5.74) is 2.20. The van der Waals surface area contributed by atoms with Gasteiger partial charge in [-0.3, -0.25) is 9.69 Å². The van der Waals surface area contributed by atoms with Crippen molar-refractivity contribution in [2.24, 2.45) is 5.92 Å². The second kappa shape index (κ2) is 6.27. The highest BCUT2D eigenvalue weighted by atomic mass is 16.5. The van der Waals surface area contributed by atoms with Crippen LogP contribution in [0, 0.1) is 5.92 Å². The summed E-state index contributed by atoms with van der Waals surface area (Å²) in [4.78, 5) is 17.4. The van der Waals surface area contributed by atoms with Crippen LogP contribution >= 0.6 is 0 Å². The second-order valence-corrected chi connectivity index (χ2v) is 5.62. The highest BCUT2D eigenvalue weighted by molar-refractivity contribution is 5.70. The number of carboxylic acid groups (broad SMARTS) is 1. The average Bonchev–Trinajstić information content (AvgIpc) is 3.17. The van der Waals surface area contributed by atoms with E-state index in [1.165, 1.54) is 5.56 Å². The molecule has 6 heteroatoms. The Morgan fingerprint density at radius 3 is 2.82 bits per heavy atom. The van der Waals surface area contributed by atoms with E-state index in [-0.39, 0.29) is 5.92 Å². The molecule has 116 valence electrons. The largest absolute Gasteiger partial charge is 0.481 e. The van der Waals surface area contributed by atoms with E-state index in [2.05, 4.69) is 29.2 Å². The monoisotopic (exact) mass is 301 g/mol. The van der Waals surface area contributed by atoms with Crippen molar-refractivity contribution in [1.29, 1.82) is 0 Å². The van der Waals surface area contributed by atoms with Crippen molar-refractivity contribution in [3.63, 3.8) is 0 Å². The summed E-state index contributed by atoms with van der Waals surface area (Å²) in [6, 6.07) is 8.10. The number of carbonyl (C=O) groups is 1. The fourth-order valence-electron chi connectivity index (χ4n) is 2.69. The molecule has 1 fully saturated rings. The molecule has 1 aliphatic rings. The Morgan fingerprint density at radius 1 is 1.41 bits per heavy atom. The summed E-state index contributed by atoms with van der Waals surface area (Å²) in [7, 11) is 0. The van der Waals surface area contributed by atoms with Gasteiger partial charge in [0.1, 0.15) is 0 Å². The van der Waals surface area contributed by atoms with E-state index >= 15 is 0 Å². The molecule has 3 rings (SSSR count). The van der Waals surface area contributed by atoms with Gasteiger partial charge in [-0.05, 0) is 24.9 Å². The lowest BCUT2D eigenvalue weighted by Crippen LogP contribution is -2.22. The molecule has 0 amide bonds. The normalized spacial score (nSPS) is 18.7. The number of aliphatic carboxylic acids is 1. The van der Waals surface area contributed by atoms with Crippen LogP contribution in [-0.4, -0.2) is 39.2 Å². The van der Waals surface area contributed by atoms with Crippen molar-refractivity contribution < 1.29 is 14.4 Å². The molecule has 1 aliphatic heterocycles. The molecule has 2 heterocycles. The Balaban J connectivity index is 1.65. The highest BCUT2D eigenvalue weighted by Crippen LogP contribution is 2.20. The van der Waals surface area contributed by atoms with Crippen LogP contribution in [0.1, 0.15) is 24.8 Å². The third-order valence-electron chi connectivity index (χ3n) is 4.07. The average molecular weight is 301 g/mol. The quantitative estimate of drug-likeness (QED) is 0.912. The zero-order chi connectivity index (χ0) is 15.5. The molecule has 1 aromatic carbocycles. The van der Waals surface area contributed by atoms with E-state index in [0.29, 0.717) is 31.2 Å². The Kier molecular flexibility index (Phi) is 4.20. The number of hydrogen-bond acceptors (Lipinski definition) is 5. The molecule has 1 N–H and O–H groups in total. The fourth-order valence-corrected chi connectivity index (χ4v) is 2.69. The summed E-state index contributed by atoms with van der Waals surface area (Å²) in [6.45, 7) is 3.91. The standard InChI is InChI=1S/C16H19N3O3/c1-2-11-3-5-12(6-4-11)15-17-14(22-18-15)10-19-8-7-13(9-19)16(20)21/h3-6,13H,2,7-10H2,1H3,(H,20,21). The van der Waals surface area contributed by atoms with Crippen molar-refractivity contribution >= 4 is 5.97 Å². The van der Waals surface area contributed by atoms with Gasteiger partial charge in [0.05, 0.1) is 12.5 Å².